The maximum atomic E-state index is 13.4. The lowest BCUT2D eigenvalue weighted by molar-refractivity contribution is -0.136. The summed E-state index contributed by atoms with van der Waals surface area (Å²) in [5.41, 5.74) is 3.26. The molecule has 2 N–H and O–H groups in total. The normalized spacial score (nSPS) is 10.3. The van der Waals surface area contributed by atoms with Crippen LogP contribution in [0, 0.1) is 0 Å². The Morgan fingerprint density at radius 2 is 1.37 bits per heavy atom. The first-order valence-electron chi connectivity index (χ1n) is 12.9. The molecular formula is C32H29F3N2O6. The highest BCUT2D eigenvalue weighted by atomic mass is 19.3. The van der Waals surface area contributed by atoms with E-state index in [4.69, 9.17) is 9.84 Å². The average molecular weight is 595 g/mol. The second kappa shape index (κ2) is 16.2. The minimum atomic E-state index is -2.96. The molecule has 0 aliphatic carbocycles. The van der Waals surface area contributed by atoms with Gasteiger partial charge in [0.1, 0.15) is 11.5 Å². The quantitative estimate of drug-likeness (QED) is 0.195. The van der Waals surface area contributed by atoms with Gasteiger partial charge in [0.05, 0.1) is 20.1 Å². The minimum absolute atomic E-state index is 0.0188. The van der Waals surface area contributed by atoms with Crippen molar-refractivity contribution in [2.75, 3.05) is 18.6 Å². The summed E-state index contributed by atoms with van der Waals surface area (Å²) in [5, 5.41) is 11.3. The maximum absolute atomic E-state index is 13.4. The van der Waals surface area contributed by atoms with E-state index in [0.717, 1.165) is 11.1 Å². The second-order valence-electron chi connectivity index (χ2n) is 8.81. The summed E-state index contributed by atoms with van der Waals surface area (Å²) < 4.78 is 44.6. The third-order valence-electron chi connectivity index (χ3n) is 5.94. The van der Waals surface area contributed by atoms with Crippen molar-refractivity contribution in [2.45, 2.75) is 19.6 Å². The van der Waals surface area contributed by atoms with Gasteiger partial charge in [-0.15, -0.1) is 0 Å². The van der Waals surface area contributed by atoms with Gasteiger partial charge in [-0.1, -0.05) is 54.6 Å². The minimum Gasteiger partial charge on any atom is -0.481 e. The van der Waals surface area contributed by atoms with Crippen molar-refractivity contribution >= 4 is 23.7 Å². The fourth-order valence-corrected chi connectivity index (χ4v) is 3.90. The van der Waals surface area contributed by atoms with E-state index >= 15 is 0 Å². The van der Waals surface area contributed by atoms with Crippen LogP contribution in [0.15, 0.2) is 103 Å². The van der Waals surface area contributed by atoms with E-state index < -0.39 is 24.6 Å². The van der Waals surface area contributed by atoms with Crippen LogP contribution in [0.4, 0.5) is 23.7 Å². The first kappa shape index (κ1) is 32.2. The van der Waals surface area contributed by atoms with Gasteiger partial charge in [0.25, 0.3) is 5.91 Å². The Kier molecular flexibility index (Phi) is 12.1. The highest BCUT2D eigenvalue weighted by Gasteiger charge is 2.20. The number of nitrogens with one attached hydrogen (secondary N) is 1. The summed E-state index contributed by atoms with van der Waals surface area (Å²) in [7, 11) is 0.500. The van der Waals surface area contributed by atoms with E-state index in [0.29, 0.717) is 24.2 Å². The van der Waals surface area contributed by atoms with E-state index in [9.17, 15) is 27.6 Å². The number of alkyl halides is 3. The molecule has 4 aromatic carbocycles. The lowest BCUT2D eigenvalue weighted by atomic mass is 10.1. The van der Waals surface area contributed by atoms with Crippen LogP contribution in [0.1, 0.15) is 22.3 Å². The average Bonchev–Trinajstić information content (AvgIpc) is 3.02. The number of nitrogens with zero attached hydrogens (tertiary/aromatic N) is 1. The predicted molar refractivity (Wildman–Crippen MR) is 155 cm³/mol. The Bertz CT molecular complexity index is 1470. The number of amides is 2. The molecule has 0 spiro atoms. The topological polar surface area (TPSA) is 105 Å². The lowest BCUT2D eigenvalue weighted by Crippen LogP contribution is -2.33. The molecule has 0 aromatic heterocycles. The number of hydrogen-bond donors (Lipinski definition) is 2. The molecule has 8 nitrogen and oxygen atoms in total. The van der Waals surface area contributed by atoms with Gasteiger partial charge in [0, 0.05) is 17.8 Å². The molecule has 2 amide bonds. The summed E-state index contributed by atoms with van der Waals surface area (Å²) in [6, 6.07) is 28.7. The Labute approximate surface area is 246 Å². The molecule has 0 unspecified atom stereocenters. The molecule has 4 aromatic rings. The van der Waals surface area contributed by atoms with Crippen molar-refractivity contribution in [3.8, 4) is 22.6 Å². The van der Waals surface area contributed by atoms with E-state index in [2.05, 4.69) is 10.1 Å². The van der Waals surface area contributed by atoms with Gasteiger partial charge in [-0.2, -0.15) is 8.78 Å². The highest BCUT2D eigenvalue weighted by molar-refractivity contribution is 5.95. The van der Waals surface area contributed by atoms with E-state index in [1.165, 1.54) is 29.2 Å². The van der Waals surface area contributed by atoms with Crippen molar-refractivity contribution in [2.24, 2.45) is 0 Å². The molecule has 0 atom stereocenters. The molecule has 0 radical (unpaired) electrons. The molecule has 0 bridgehead atoms. The van der Waals surface area contributed by atoms with Crippen LogP contribution >= 0.6 is 0 Å². The molecule has 0 fully saturated rings. The highest BCUT2D eigenvalue weighted by Crippen LogP contribution is 2.25. The summed E-state index contributed by atoms with van der Waals surface area (Å²) >= 11 is 0. The number of carbonyl (C=O) groups excluding carboxylic acids is 2. The monoisotopic (exact) mass is 594 g/mol. The van der Waals surface area contributed by atoms with Gasteiger partial charge in [0.2, 0.25) is 0 Å². The second-order valence-corrected chi connectivity index (χ2v) is 8.81. The van der Waals surface area contributed by atoms with Crippen molar-refractivity contribution in [1.82, 2.24) is 5.32 Å². The fraction of sp³-hybridized carbons (Fsp3) is 0.156. The number of ether oxygens (including phenoxy) is 2. The van der Waals surface area contributed by atoms with Crippen LogP contribution in [0.2, 0.25) is 0 Å². The van der Waals surface area contributed by atoms with Gasteiger partial charge in [-0.3, -0.25) is 18.9 Å². The molecular weight excluding hydrogens is 565 g/mol. The van der Waals surface area contributed by atoms with E-state index in [1.54, 1.807) is 36.4 Å². The molecule has 4 rings (SSSR count). The van der Waals surface area contributed by atoms with Crippen LogP contribution in [-0.4, -0.2) is 43.4 Å². The van der Waals surface area contributed by atoms with Crippen molar-refractivity contribution < 1.29 is 42.1 Å². The van der Waals surface area contributed by atoms with Crippen molar-refractivity contribution in [3.63, 3.8) is 0 Å². The first-order chi connectivity index (χ1) is 20.8. The fourth-order valence-electron chi connectivity index (χ4n) is 3.90. The van der Waals surface area contributed by atoms with E-state index in [1.807, 2.05) is 42.5 Å². The zero-order chi connectivity index (χ0) is 31.2. The Morgan fingerprint density at radius 3 is 1.95 bits per heavy atom. The predicted octanol–water partition coefficient (Wildman–Crippen LogP) is 6.95. The number of benzene rings is 4. The number of aliphatic carboxylic acids is 1. The van der Waals surface area contributed by atoms with Crippen LogP contribution in [0.5, 0.6) is 11.5 Å². The SMILES string of the molecule is CF.O=C(O)CCNC(=O)c1ccc(N(Cc2ccc(OC(F)F)cc2)C(=O)Oc2ccc(-c3ccccc3)cc2)cc1. The Morgan fingerprint density at radius 1 is 0.791 bits per heavy atom. The van der Waals surface area contributed by atoms with Gasteiger partial charge in [-0.05, 0) is 65.2 Å². The van der Waals surface area contributed by atoms with Crippen LogP contribution in [0.25, 0.3) is 11.1 Å². The molecule has 11 heteroatoms. The van der Waals surface area contributed by atoms with E-state index in [-0.39, 0.29) is 30.8 Å². The largest absolute Gasteiger partial charge is 0.481 e. The van der Waals surface area contributed by atoms with Crippen molar-refractivity contribution in [3.05, 3.63) is 114 Å². The van der Waals surface area contributed by atoms with Gasteiger partial charge < -0.3 is 19.9 Å². The standard InChI is InChI=1S/C31H26F2N2O6.CH3F/c32-30(33)40-26-14-6-21(7-15-26)20-35(25-12-8-24(9-13-25)29(38)34-19-18-28(36)37)31(39)41-27-16-10-23(11-17-27)22-4-2-1-3-5-22;1-2/h1-17,30H,18-20H2,(H,34,38)(H,36,37);1H3. The summed E-state index contributed by atoms with van der Waals surface area (Å²) in [6.45, 7) is -2.96. The van der Waals surface area contributed by atoms with Gasteiger partial charge in [0.15, 0.2) is 0 Å². The maximum Gasteiger partial charge on any atom is 0.420 e. The number of anilines is 1. The number of rotatable bonds is 11. The molecule has 0 saturated heterocycles. The number of carboxylic acid groups (broad SMARTS) is 1. The van der Waals surface area contributed by atoms with Gasteiger partial charge >= 0.3 is 18.7 Å². The molecule has 43 heavy (non-hydrogen) atoms. The van der Waals surface area contributed by atoms with Crippen LogP contribution < -0.4 is 19.7 Å². The van der Waals surface area contributed by atoms with Crippen LogP contribution in [-0.2, 0) is 11.3 Å². The first-order valence-corrected chi connectivity index (χ1v) is 12.9. The van der Waals surface area contributed by atoms with Crippen LogP contribution in [0.3, 0.4) is 0 Å². The van der Waals surface area contributed by atoms with Crippen molar-refractivity contribution in [1.29, 1.82) is 0 Å². The zero-order valence-corrected chi connectivity index (χ0v) is 23.1. The molecule has 0 heterocycles. The molecule has 0 aliphatic rings. The molecule has 0 aliphatic heterocycles. The number of carbonyl (C=O) groups is 3. The smallest absolute Gasteiger partial charge is 0.420 e. The number of hydrogen-bond acceptors (Lipinski definition) is 5. The Balaban J connectivity index is 0.00000248. The zero-order valence-electron chi connectivity index (χ0n) is 23.1. The third-order valence-corrected chi connectivity index (χ3v) is 5.94. The Hall–Kier alpha value is -5.32. The molecule has 0 saturated carbocycles. The number of carboxylic acids is 1. The lowest BCUT2D eigenvalue weighted by Gasteiger charge is -2.23. The third kappa shape index (κ3) is 9.92. The molecule has 224 valence electrons. The van der Waals surface area contributed by atoms with Gasteiger partial charge in [-0.25, -0.2) is 4.79 Å². The summed E-state index contributed by atoms with van der Waals surface area (Å²) in [4.78, 5) is 37.7. The summed E-state index contributed by atoms with van der Waals surface area (Å²) in [5.74, 6) is -1.19. The summed E-state index contributed by atoms with van der Waals surface area (Å²) in [6.07, 6.45) is -0.916. The number of halogens is 3.